The molecule has 0 unspecified atom stereocenters. The molecular weight excluding hydrogens is 426 g/mol. The van der Waals surface area contributed by atoms with Gasteiger partial charge in [0.15, 0.2) is 5.16 Å². The molecule has 0 aliphatic rings. The summed E-state index contributed by atoms with van der Waals surface area (Å²) in [7, 11) is -3.82. The van der Waals surface area contributed by atoms with Crippen LogP contribution in [0.5, 0.6) is 5.75 Å². The Labute approximate surface area is 176 Å². The van der Waals surface area contributed by atoms with Gasteiger partial charge in [0, 0.05) is 29.8 Å². The Morgan fingerprint density at radius 2 is 2.00 bits per heavy atom. The third kappa shape index (κ3) is 3.93. The van der Waals surface area contributed by atoms with Crippen molar-refractivity contribution >= 4 is 43.8 Å². The standard InChI is InChI=1S/C20H19N3O5S2/c1-2-7-23-17-6-4-14(30(21,26)27)10-16(17)22-20(23)29-11-12-8-19(25)28-18-9-13(24)3-5-15(12)18/h3-6,8-10,24H,2,7,11H2,1H3,(H2,21,26,27). The number of phenolic OH excluding ortho intramolecular Hbond substituents is 1. The molecule has 0 aliphatic heterocycles. The second-order valence-electron chi connectivity index (χ2n) is 6.80. The van der Waals surface area contributed by atoms with E-state index >= 15 is 0 Å². The second kappa shape index (κ2) is 7.78. The monoisotopic (exact) mass is 445 g/mol. The van der Waals surface area contributed by atoms with E-state index in [1.807, 2.05) is 11.5 Å². The SMILES string of the molecule is CCCn1c(SCc2cc(=O)oc3cc(O)ccc23)nc2cc(S(N)(=O)=O)ccc21. The van der Waals surface area contributed by atoms with E-state index in [-0.39, 0.29) is 10.6 Å². The Morgan fingerprint density at radius 3 is 2.73 bits per heavy atom. The number of aromatic hydroxyl groups is 1. The zero-order valence-corrected chi connectivity index (χ0v) is 17.7. The minimum atomic E-state index is -3.82. The lowest BCUT2D eigenvalue weighted by molar-refractivity contribution is 0.473. The molecule has 30 heavy (non-hydrogen) atoms. The molecule has 4 rings (SSSR count). The fraction of sp³-hybridized carbons (Fsp3) is 0.200. The molecule has 2 aromatic carbocycles. The summed E-state index contributed by atoms with van der Waals surface area (Å²) in [5, 5.41) is 16.3. The van der Waals surface area contributed by atoms with Gasteiger partial charge in [-0.15, -0.1) is 0 Å². The Balaban J connectivity index is 1.74. The van der Waals surface area contributed by atoms with Crippen molar-refractivity contribution in [1.82, 2.24) is 9.55 Å². The molecule has 2 aromatic heterocycles. The van der Waals surface area contributed by atoms with E-state index in [0.717, 1.165) is 22.9 Å². The summed E-state index contributed by atoms with van der Waals surface area (Å²) in [6, 6.07) is 10.7. The van der Waals surface area contributed by atoms with E-state index in [0.29, 0.717) is 28.6 Å². The third-order valence-electron chi connectivity index (χ3n) is 4.63. The maximum atomic E-state index is 11.9. The Kier molecular flexibility index (Phi) is 5.31. The summed E-state index contributed by atoms with van der Waals surface area (Å²) in [4.78, 5) is 16.5. The van der Waals surface area contributed by atoms with Gasteiger partial charge in [0.1, 0.15) is 11.3 Å². The lowest BCUT2D eigenvalue weighted by Crippen LogP contribution is -2.11. The average molecular weight is 446 g/mol. The molecule has 0 spiro atoms. The number of imidazole rings is 1. The van der Waals surface area contributed by atoms with E-state index in [1.54, 1.807) is 12.1 Å². The maximum absolute atomic E-state index is 11.9. The predicted molar refractivity (Wildman–Crippen MR) is 115 cm³/mol. The van der Waals surface area contributed by atoms with Gasteiger partial charge in [-0.1, -0.05) is 18.7 Å². The number of phenols is 1. The van der Waals surface area contributed by atoms with Crippen LogP contribution >= 0.6 is 11.8 Å². The zero-order chi connectivity index (χ0) is 21.5. The predicted octanol–water partition coefficient (Wildman–Crippen LogP) is 3.20. The van der Waals surface area contributed by atoms with Crippen LogP contribution in [0.4, 0.5) is 0 Å². The van der Waals surface area contributed by atoms with Crippen LogP contribution in [0.2, 0.25) is 0 Å². The van der Waals surface area contributed by atoms with Crippen LogP contribution in [0.15, 0.2) is 61.7 Å². The fourth-order valence-electron chi connectivity index (χ4n) is 3.29. The first-order valence-electron chi connectivity index (χ1n) is 9.18. The van der Waals surface area contributed by atoms with Gasteiger partial charge in [-0.05, 0) is 42.3 Å². The van der Waals surface area contributed by atoms with Gasteiger partial charge >= 0.3 is 5.63 Å². The largest absolute Gasteiger partial charge is 0.508 e. The number of sulfonamides is 1. The zero-order valence-electron chi connectivity index (χ0n) is 16.0. The smallest absolute Gasteiger partial charge is 0.336 e. The van der Waals surface area contributed by atoms with Gasteiger partial charge in [0.05, 0.1) is 15.9 Å². The van der Waals surface area contributed by atoms with Gasteiger partial charge in [0.25, 0.3) is 0 Å². The molecule has 0 bridgehead atoms. The van der Waals surface area contributed by atoms with E-state index in [2.05, 4.69) is 4.98 Å². The highest BCUT2D eigenvalue weighted by Crippen LogP contribution is 2.31. The van der Waals surface area contributed by atoms with Gasteiger partial charge in [0.2, 0.25) is 10.0 Å². The first kappa shape index (κ1) is 20.5. The molecular formula is C20H19N3O5S2. The Morgan fingerprint density at radius 1 is 1.20 bits per heavy atom. The molecule has 0 atom stereocenters. The summed E-state index contributed by atoms with van der Waals surface area (Å²) < 4.78 is 30.5. The highest BCUT2D eigenvalue weighted by molar-refractivity contribution is 7.98. The van der Waals surface area contributed by atoms with Crippen molar-refractivity contribution in [2.75, 3.05) is 0 Å². The lowest BCUT2D eigenvalue weighted by Gasteiger charge is -2.08. The van der Waals surface area contributed by atoms with Gasteiger partial charge in [-0.3, -0.25) is 0 Å². The van der Waals surface area contributed by atoms with Crippen LogP contribution in [0, 0.1) is 0 Å². The topological polar surface area (TPSA) is 128 Å². The number of benzene rings is 2. The molecule has 2 heterocycles. The van der Waals surface area contributed by atoms with Crippen molar-refractivity contribution < 1.29 is 17.9 Å². The van der Waals surface area contributed by atoms with E-state index in [4.69, 9.17) is 9.56 Å². The van der Waals surface area contributed by atoms with Gasteiger partial charge in [-0.25, -0.2) is 23.3 Å². The molecule has 0 fully saturated rings. The highest BCUT2D eigenvalue weighted by atomic mass is 32.2. The molecule has 0 saturated carbocycles. The number of primary sulfonamides is 1. The van der Waals surface area contributed by atoms with Crippen LogP contribution in [0.1, 0.15) is 18.9 Å². The van der Waals surface area contributed by atoms with Gasteiger partial charge < -0.3 is 14.1 Å². The molecule has 8 nitrogen and oxygen atoms in total. The number of hydrogen-bond acceptors (Lipinski definition) is 7. The van der Waals surface area contributed by atoms with Crippen molar-refractivity contribution in [3.8, 4) is 5.75 Å². The number of aromatic nitrogens is 2. The van der Waals surface area contributed by atoms with Crippen LogP contribution in [0.25, 0.3) is 22.0 Å². The Hall–Kier alpha value is -2.82. The molecule has 0 aliphatic carbocycles. The van der Waals surface area contributed by atoms with E-state index in [9.17, 15) is 18.3 Å². The average Bonchev–Trinajstić information content (AvgIpc) is 3.02. The van der Waals surface area contributed by atoms with E-state index in [1.165, 1.54) is 42.1 Å². The number of aryl methyl sites for hydroxylation is 1. The molecule has 0 saturated heterocycles. The normalized spacial score (nSPS) is 12.1. The van der Waals surface area contributed by atoms with Crippen LogP contribution in [0.3, 0.4) is 0 Å². The fourth-order valence-corrected chi connectivity index (χ4v) is 4.86. The van der Waals surface area contributed by atoms with Crippen molar-refractivity contribution in [2.45, 2.75) is 35.7 Å². The number of rotatable bonds is 6. The van der Waals surface area contributed by atoms with Crippen molar-refractivity contribution in [1.29, 1.82) is 0 Å². The van der Waals surface area contributed by atoms with Gasteiger partial charge in [-0.2, -0.15) is 0 Å². The lowest BCUT2D eigenvalue weighted by atomic mass is 10.1. The van der Waals surface area contributed by atoms with Crippen molar-refractivity contribution in [3.63, 3.8) is 0 Å². The third-order valence-corrected chi connectivity index (χ3v) is 6.57. The minimum absolute atomic E-state index is 0.0131. The number of nitrogens with two attached hydrogens (primary N) is 1. The highest BCUT2D eigenvalue weighted by Gasteiger charge is 2.16. The van der Waals surface area contributed by atoms with Crippen LogP contribution in [-0.2, 0) is 22.3 Å². The summed E-state index contributed by atoms with van der Waals surface area (Å²) in [5.74, 6) is 0.466. The second-order valence-corrected chi connectivity index (χ2v) is 9.31. The van der Waals surface area contributed by atoms with E-state index < -0.39 is 15.6 Å². The van der Waals surface area contributed by atoms with Crippen LogP contribution in [-0.4, -0.2) is 23.1 Å². The number of nitrogens with zero attached hydrogens (tertiary/aromatic N) is 2. The maximum Gasteiger partial charge on any atom is 0.336 e. The summed E-state index contributed by atoms with van der Waals surface area (Å²) in [5.41, 5.74) is 1.93. The molecule has 156 valence electrons. The molecule has 10 heteroatoms. The minimum Gasteiger partial charge on any atom is -0.508 e. The van der Waals surface area contributed by atoms with Crippen molar-refractivity contribution in [2.24, 2.45) is 5.14 Å². The van der Waals surface area contributed by atoms with Crippen molar-refractivity contribution in [3.05, 3.63) is 58.4 Å². The molecule has 0 amide bonds. The number of fused-ring (bicyclic) bond motifs is 2. The summed E-state index contributed by atoms with van der Waals surface area (Å²) in [6.07, 6.45) is 0.868. The first-order chi connectivity index (χ1) is 14.3. The first-order valence-corrected chi connectivity index (χ1v) is 11.7. The molecule has 3 N–H and O–H groups in total. The summed E-state index contributed by atoms with van der Waals surface area (Å²) >= 11 is 1.44. The molecule has 4 aromatic rings. The quantitative estimate of drug-likeness (QED) is 0.344. The summed E-state index contributed by atoms with van der Waals surface area (Å²) in [6.45, 7) is 2.75. The number of hydrogen-bond donors (Lipinski definition) is 2. The van der Waals surface area contributed by atoms with Crippen LogP contribution < -0.4 is 10.8 Å². The number of thioether (sulfide) groups is 1. The Bertz CT molecular complexity index is 1420. The molecule has 0 radical (unpaired) electrons.